The molecule has 0 aliphatic carbocycles. The standard InChI is InChI=1S/C14H28N2O3/c1-4-18-8-6-16(7-9-19-5-2)14(17)13-11-15-10-12(13)3/h12-13,15H,4-11H2,1-3H3. The lowest BCUT2D eigenvalue weighted by Crippen LogP contribution is -2.42. The van der Waals surface area contributed by atoms with Crippen molar-refractivity contribution >= 4 is 5.91 Å². The van der Waals surface area contributed by atoms with Crippen molar-refractivity contribution in [3.63, 3.8) is 0 Å². The van der Waals surface area contributed by atoms with Crippen molar-refractivity contribution in [3.05, 3.63) is 0 Å². The Morgan fingerprint density at radius 3 is 2.16 bits per heavy atom. The summed E-state index contributed by atoms with van der Waals surface area (Å²) >= 11 is 0. The Bertz CT molecular complexity index is 251. The molecule has 5 heteroatoms. The average molecular weight is 272 g/mol. The fourth-order valence-corrected chi connectivity index (χ4v) is 2.35. The number of ether oxygens (including phenoxy) is 2. The molecule has 1 N–H and O–H groups in total. The Morgan fingerprint density at radius 1 is 1.16 bits per heavy atom. The lowest BCUT2D eigenvalue weighted by molar-refractivity contribution is -0.137. The van der Waals surface area contributed by atoms with Crippen LogP contribution in [0.4, 0.5) is 0 Å². The fraction of sp³-hybridized carbons (Fsp3) is 0.929. The van der Waals surface area contributed by atoms with Gasteiger partial charge in [0.15, 0.2) is 0 Å². The van der Waals surface area contributed by atoms with E-state index in [2.05, 4.69) is 12.2 Å². The number of rotatable bonds is 9. The normalized spacial score (nSPS) is 22.7. The molecule has 1 rings (SSSR count). The number of amides is 1. The minimum absolute atomic E-state index is 0.100. The molecule has 0 spiro atoms. The molecule has 0 saturated carbocycles. The van der Waals surface area contributed by atoms with Crippen LogP contribution in [0.2, 0.25) is 0 Å². The number of carbonyl (C=O) groups excluding carboxylic acids is 1. The van der Waals surface area contributed by atoms with Crippen molar-refractivity contribution in [3.8, 4) is 0 Å². The third-order valence-electron chi connectivity index (χ3n) is 3.57. The van der Waals surface area contributed by atoms with E-state index in [0.29, 0.717) is 45.4 Å². The van der Waals surface area contributed by atoms with Crippen molar-refractivity contribution < 1.29 is 14.3 Å². The summed E-state index contributed by atoms with van der Waals surface area (Å²) in [5.41, 5.74) is 0. The Labute approximate surface area is 116 Å². The molecule has 2 atom stereocenters. The second-order valence-electron chi connectivity index (χ2n) is 4.96. The van der Waals surface area contributed by atoms with Crippen molar-refractivity contribution in [2.24, 2.45) is 11.8 Å². The maximum atomic E-state index is 12.5. The maximum absolute atomic E-state index is 12.5. The second-order valence-corrected chi connectivity index (χ2v) is 4.96. The number of carbonyl (C=O) groups is 1. The molecule has 0 aromatic carbocycles. The van der Waals surface area contributed by atoms with Crippen LogP contribution < -0.4 is 5.32 Å². The highest BCUT2D eigenvalue weighted by Crippen LogP contribution is 2.18. The predicted molar refractivity (Wildman–Crippen MR) is 75.1 cm³/mol. The monoisotopic (exact) mass is 272 g/mol. The molecule has 0 aromatic heterocycles. The van der Waals surface area contributed by atoms with Crippen LogP contribution in [-0.4, -0.2) is 63.4 Å². The Kier molecular flexibility index (Phi) is 8.02. The predicted octanol–water partition coefficient (Wildman–Crippen LogP) is 0.744. The summed E-state index contributed by atoms with van der Waals surface area (Å²) < 4.78 is 10.7. The molecule has 0 radical (unpaired) electrons. The first-order chi connectivity index (χ1) is 9.20. The number of nitrogens with one attached hydrogen (secondary N) is 1. The summed E-state index contributed by atoms with van der Waals surface area (Å²) in [6.07, 6.45) is 0. The third-order valence-corrected chi connectivity index (χ3v) is 3.57. The van der Waals surface area contributed by atoms with Crippen molar-refractivity contribution in [2.45, 2.75) is 20.8 Å². The van der Waals surface area contributed by atoms with Gasteiger partial charge in [0.25, 0.3) is 0 Å². The highest BCUT2D eigenvalue weighted by Gasteiger charge is 2.32. The van der Waals surface area contributed by atoms with Crippen LogP contribution in [0, 0.1) is 11.8 Å². The second kappa shape index (κ2) is 9.28. The van der Waals surface area contributed by atoms with E-state index in [-0.39, 0.29) is 11.8 Å². The summed E-state index contributed by atoms with van der Waals surface area (Å²) in [6, 6.07) is 0. The van der Waals surface area contributed by atoms with Crippen LogP contribution in [0.25, 0.3) is 0 Å². The van der Waals surface area contributed by atoms with E-state index in [9.17, 15) is 4.79 Å². The quantitative estimate of drug-likeness (QED) is 0.629. The lowest BCUT2D eigenvalue weighted by Gasteiger charge is -2.26. The van der Waals surface area contributed by atoms with Crippen molar-refractivity contribution in [1.29, 1.82) is 0 Å². The molecule has 19 heavy (non-hydrogen) atoms. The van der Waals surface area contributed by atoms with Gasteiger partial charge in [0.05, 0.1) is 19.1 Å². The molecule has 5 nitrogen and oxygen atoms in total. The van der Waals surface area contributed by atoms with E-state index < -0.39 is 0 Å². The number of hydrogen-bond donors (Lipinski definition) is 1. The van der Waals surface area contributed by atoms with E-state index in [4.69, 9.17) is 9.47 Å². The Morgan fingerprint density at radius 2 is 1.74 bits per heavy atom. The van der Waals surface area contributed by atoms with Gasteiger partial charge in [0.2, 0.25) is 5.91 Å². The fourth-order valence-electron chi connectivity index (χ4n) is 2.35. The zero-order valence-electron chi connectivity index (χ0n) is 12.5. The molecule has 0 bridgehead atoms. The topological polar surface area (TPSA) is 50.8 Å². The minimum atomic E-state index is 0.100. The average Bonchev–Trinajstić information content (AvgIpc) is 2.83. The van der Waals surface area contributed by atoms with E-state index >= 15 is 0 Å². The molecular weight excluding hydrogens is 244 g/mol. The van der Waals surface area contributed by atoms with Crippen LogP contribution in [-0.2, 0) is 14.3 Å². The van der Waals surface area contributed by atoms with Gasteiger partial charge in [-0.1, -0.05) is 6.92 Å². The van der Waals surface area contributed by atoms with E-state index in [1.807, 2.05) is 18.7 Å². The van der Waals surface area contributed by atoms with Crippen LogP contribution >= 0.6 is 0 Å². The highest BCUT2D eigenvalue weighted by molar-refractivity contribution is 5.79. The number of hydrogen-bond acceptors (Lipinski definition) is 4. The van der Waals surface area contributed by atoms with Crippen LogP contribution in [0.15, 0.2) is 0 Å². The molecule has 1 amide bonds. The van der Waals surface area contributed by atoms with Crippen molar-refractivity contribution in [1.82, 2.24) is 10.2 Å². The molecule has 1 aliphatic heterocycles. The summed E-state index contributed by atoms with van der Waals surface area (Å²) in [4.78, 5) is 14.4. The molecule has 1 saturated heterocycles. The zero-order valence-corrected chi connectivity index (χ0v) is 12.5. The van der Waals surface area contributed by atoms with Crippen LogP contribution in [0.1, 0.15) is 20.8 Å². The zero-order chi connectivity index (χ0) is 14.1. The van der Waals surface area contributed by atoms with Gasteiger partial charge in [-0.25, -0.2) is 0 Å². The van der Waals surface area contributed by atoms with Crippen LogP contribution in [0.3, 0.4) is 0 Å². The van der Waals surface area contributed by atoms with E-state index in [0.717, 1.165) is 13.1 Å². The summed E-state index contributed by atoms with van der Waals surface area (Å²) in [5, 5.41) is 3.28. The van der Waals surface area contributed by atoms with Crippen LogP contribution in [0.5, 0.6) is 0 Å². The first-order valence-corrected chi connectivity index (χ1v) is 7.35. The Balaban J connectivity index is 2.47. The molecule has 1 fully saturated rings. The van der Waals surface area contributed by atoms with Gasteiger partial charge in [-0.2, -0.15) is 0 Å². The molecule has 1 aliphatic rings. The largest absolute Gasteiger partial charge is 0.380 e. The summed E-state index contributed by atoms with van der Waals surface area (Å²) in [7, 11) is 0. The van der Waals surface area contributed by atoms with Crippen molar-refractivity contribution in [2.75, 3.05) is 52.6 Å². The van der Waals surface area contributed by atoms with Gasteiger partial charge in [0, 0.05) is 32.8 Å². The first kappa shape index (κ1) is 16.4. The minimum Gasteiger partial charge on any atom is -0.380 e. The van der Waals surface area contributed by atoms with Gasteiger partial charge in [-0.05, 0) is 26.3 Å². The van der Waals surface area contributed by atoms with E-state index in [1.54, 1.807) is 0 Å². The molecule has 0 aromatic rings. The summed E-state index contributed by atoms with van der Waals surface area (Å²) in [6.45, 7) is 11.7. The molecule has 112 valence electrons. The molecular formula is C14H28N2O3. The third kappa shape index (κ3) is 5.47. The van der Waals surface area contributed by atoms with Gasteiger partial charge in [-0.15, -0.1) is 0 Å². The van der Waals surface area contributed by atoms with Gasteiger partial charge in [0.1, 0.15) is 0 Å². The van der Waals surface area contributed by atoms with Gasteiger partial charge >= 0.3 is 0 Å². The number of nitrogens with zero attached hydrogens (tertiary/aromatic N) is 1. The SMILES string of the molecule is CCOCCN(CCOCC)C(=O)C1CNCC1C. The smallest absolute Gasteiger partial charge is 0.227 e. The summed E-state index contributed by atoms with van der Waals surface area (Å²) in [5.74, 6) is 0.745. The molecule has 2 unspecified atom stereocenters. The van der Waals surface area contributed by atoms with E-state index in [1.165, 1.54) is 0 Å². The Hall–Kier alpha value is -0.650. The highest BCUT2D eigenvalue weighted by atomic mass is 16.5. The molecule has 1 heterocycles. The first-order valence-electron chi connectivity index (χ1n) is 7.35. The maximum Gasteiger partial charge on any atom is 0.227 e. The van der Waals surface area contributed by atoms with Gasteiger partial charge < -0.3 is 19.7 Å². The van der Waals surface area contributed by atoms with Gasteiger partial charge in [-0.3, -0.25) is 4.79 Å². The lowest BCUT2D eigenvalue weighted by atomic mass is 9.96.